The van der Waals surface area contributed by atoms with E-state index in [1.165, 1.54) is 12.2 Å². The van der Waals surface area contributed by atoms with Crippen molar-refractivity contribution >= 4 is 0 Å². The maximum atomic E-state index is 8.33. The third-order valence-electron chi connectivity index (χ3n) is 1.09. The number of rotatable bonds is 2. The smallest absolute Gasteiger partial charge is 0.227 e. The van der Waals surface area contributed by atoms with Gasteiger partial charge in [0.15, 0.2) is 0 Å². The average molecular weight is 168 g/mol. The van der Waals surface area contributed by atoms with E-state index in [4.69, 9.17) is 23.7 Å². The molecule has 0 aromatic rings. The summed E-state index contributed by atoms with van der Waals surface area (Å²) in [4.78, 5) is 5.83. The summed E-state index contributed by atoms with van der Waals surface area (Å²) in [7, 11) is 0. The monoisotopic (exact) mass is 168 g/mol. The van der Waals surface area contributed by atoms with Gasteiger partial charge in [0.25, 0.3) is 11.4 Å². The summed E-state index contributed by atoms with van der Waals surface area (Å²) in [6.07, 6.45) is 3.00. The molecule has 0 N–H and O–H groups in total. The molecule has 0 aliphatic rings. The maximum absolute atomic E-state index is 8.33. The lowest BCUT2D eigenvalue weighted by Gasteiger charge is -1.82. The molecule has 0 bridgehead atoms. The Labute approximate surface area is 76.3 Å². The molecule has 13 heavy (non-hydrogen) atoms. The summed E-state index contributed by atoms with van der Waals surface area (Å²) < 4.78 is 0. The van der Waals surface area contributed by atoms with Crippen molar-refractivity contribution in [2.75, 3.05) is 0 Å². The molecule has 0 aromatic carbocycles. The highest BCUT2D eigenvalue weighted by atomic mass is 14.7. The van der Waals surface area contributed by atoms with Gasteiger partial charge in [0.05, 0.1) is 25.3 Å². The average Bonchev–Trinajstić information content (AvgIpc) is 2.19. The number of allylic oxidation sites excluding steroid dienone is 4. The molecule has 0 radical (unpaired) electrons. The summed E-state index contributed by atoms with van der Waals surface area (Å²) >= 11 is 0. The van der Waals surface area contributed by atoms with Crippen molar-refractivity contribution in [3.8, 4) is 12.1 Å². The molecule has 0 spiro atoms. The molecule has 0 aliphatic carbocycles. The van der Waals surface area contributed by atoms with Gasteiger partial charge in [0.2, 0.25) is 0 Å². The Morgan fingerprint density at radius 3 is 1.69 bits per heavy atom. The Kier molecular flexibility index (Phi) is 4.95. The van der Waals surface area contributed by atoms with E-state index in [2.05, 4.69) is 9.69 Å². The minimum atomic E-state index is -0.0291. The van der Waals surface area contributed by atoms with Crippen LogP contribution in [-0.4, -0.2) is 0 Å². The van der Waals surface area contributed by atoms with Gasteiger partial charge in [-0.25, -0.2) is 20.2 Å². The van der Waals surface area contributed by atoms with Crippen molar-refractivity contribution in [2.45, 2.75) is 6.42 Å². The number of nitrogens with zero attached hydrogens (tertiary/aromatic N) is 4. The summed E-state index contributed by atoms with van der Waals surface area (Å²) in [5.74, 6) is 0. The Balaban J connectivity index is 4.41. The van der Waals surface area contributed by atoms with Crippen molar-refractivity contribution < 1.29 is 0 Å². The summed E-state index contributed by atoms with van der Waals surface area (Å²) in [6, 6.07) is 3.36. The van der Waals surface area contributed by atoms with Crippen molar-refractivity contribution in [2.24, 2.45) is 0 Å². The second-order valence-electron chi connectivity index (χ2n) is 1.86. The second-order valence-corrected chi connectivity index (χ2v) is 1.86. The lowest BCUT2D eigenvalue weighted by molar-refractivity contribution is 1.33. The highest BCUT2D eigenvalue weighted by Crippen LogP contribution is 2.01. The molecule has 4 heteroatoms. The third-order valence-corrected chi connectivity index (χ3v) is 1.09. The summed E-state index contributed by atoms with van der Waals surface area (Å²) in [5.41, 5.74) is -0.0583. The lowest BCUT2D eigenvalue weighted by Crippen LogP contribution is -1.70. The molecular formula is C9H4N4. The highest BCUT2D eigenvalue weighted by molar-refractivity contribution is 5.31. The molecule has 0 amide bonds. The van der Waals surface area contributed by atoms with Crippen LogP contribution in [0.15, 0.2) is 23.5 Å². The molecule has 0 atom stereocenters. The van der Waals surface area contributed by atoms with E-state index < -0.39 is 0 Å². The lowest BCUT2D eigenvalue weighted by atomic mass is 10.3. The van der Waals surface area contributed by atoms with E-state index in [1.54, 1.807) is 12.1 Å². The third kappa shape index (κ3) is 3.99. The first-order chi connectivity index (χ1) is 6.28. The zero-order valence-corrected chi connectivity index (χ0v) is 6.65. The van der Waals surface area contributed by atoms with Crippen molar-refractivity contribution in [1.82, 2.24) is 0 Å². The first-order valence-corrected chi connectivity index (χ1v) is 3.24. The van der Waals surface area contributed by atoms with Crippen molar-refractivity contribution in [3.63, 3.8) is 0 Å². The fraction of sp³-hybridized carbons (Fsp3) is 0.111. The van der Waals surface area contributed by atoms with Crippen LogP contribution in [0.2, 0.25) is 0 Å². The van der Waals surface area contributed by atoms with Gasteiger partial charge in [-0.3, -0.25) is 0 Å². The van der Waals surface area contributed by atoms with Gasteiger partial charge in [-0.05, 0) is 6.42 Å². The molecule has 0 aliphatic heterocycles. The molecule has 0 fully saturated rings. The van der Waals surface area contributed by atoms with E-state index in [9.17, 15) is 0 Å². The minimum absolute atomic E-state index is 0.0291. The topological polar surface area (TPSA) is 56.3 Å². The zero-order chi connectivity index (χ0) is 10.1. The van der Waals surface area contributed by atoms with Gasteiger partial charge >= 0.3 is 0 Å². The Hall–Kier alpha value is -2.56. The summed E-state index contributed by atoms with van der Waals surface area (Å²) in [6.45, 7) is 13.0. The summed E-state index contributed by atoms with van der Waals surface area (Å²) in [5, 5.41) is 16.7. The fourth-order valence-electron chi connectivity index (χ4n) is 0.515. The standard InChI is InChI=1S/C9H4N4/c1-12-8(6-10)4-3-5-9(7-11)13-2/h4-5H,3H2. The quantitative estimate of drug-likeness (QED) is 0.468. The number of hydrogen-bond donors (Lipinski definition) is 0. The van der Waals surface area contributed by atoms with E-state index >= 15 is 0 Å². The second kappa shape index (κ2) is 6.17. The van der Waals surface area contributed by atoms with Crippen LogP contribution in [0.4, 0.5) is 0 Å². The van der Waals surface area contributed by atoms with Crippen LogP contribution in [0.25, 0.3) is 9.69 Å². The first kappa shape index (κ1) is 10.4. The van der Waals surface area contributed by atoms with E-state index in [0.29, 0.717) is 0 Å². The maximum Gasteiger partial charge on any atom is 0.258 e. The van der Waals surface area contributed by atoms with Gasteiger partial charge < -0.3 is 0 Å². The van der Waals surface area contributed by atoms with Gasteiger partial charge in [0.1, 0.15) is 0 Å². The van der Waals surface area contributed by atoms with Gasteiger partial charge in [-0.2, -0.15) is 0 Å². The molecule has 0 heterocycles. The van der Waals surface area contributed by atoms with Gasteiger partial charge in [0, 0.05) is 0 Å². The first-order valence-electron chi connectivity index (χ1n) is 3.24. The molecule has 4 nitrogen and oxygen atoms in total. The number of nitriles is 2. The molecule has 0 aromatic heterocycles. The SMILES string of the molecule is [C-]#[N+]C(C#N)=CCC=C(C#N)[N+]#[C-]. The van der Waals surface area contributed by atoms with Crippen molar-refractivity contribution in [3.05, 3.63) is 46.4 Å². The predicted molar refractivity (Wildman–Crippen MR) is 45.2 cm³/mol. The van der Waals surface area contributed by atoms with E-state index in [0.717, 1.165) is 0 Å². The van der Waals surface area contributed by atoms with E-state index in [1.807, 2.05) is 0 Å². The fourth-order valence-corrected chi connectivity index (χ4v) is 0.515. The molecule has 60 valence electrons. The minimum Gasteiger partial charge on any atom is -0.227 e. The van der Waals surface area contributed by atoms with Crippen LogP contribution in [-0.2, 0) is 0 Å². The molecule has 0 saturated heterocycles. The van der Waals surface area contributed by atoms with Crippen LogP contribution in [0, 0.1) is 35.8 Å². The van der Waals surface area contributed by atoms with Crippen LogP contribution < -0.4 is 0 Å². The largest absolute Gasteiger partial charge is 0.258 e. The Morgan fingerprint density at radius 1 is 1.08 bits per heavy atom. The normalized spacial score (nSPS) is 10.5. The van der Waals surface area contributed by atoms with Crippen LogP contribution in [0.5, 0.6) is 0 Å². The van der Waals surface area contributed by atoms with Crippen LogP contribution >= 0.6 is 0 Å². The molecule has 0 unspecified atom stereocenters. The molecular weight excluding hydrogens is 164 g/mol. The molecule has 0 saturated carbocycles. The zero-order valence-electron chi connectivity index (χ0n) is 6.65. The van der Waals surface area contributed by atoms with Crippen LogP contribution in [0.3, 0.4) is 0 Å². The number of hydrogen-bond acceptors (Lipinski definition) is 2. The Morgan fingerprint density at radius 2 is 1.46 bits per heavy atom. The highest BCUT2D eigenvalue weighted by Gasteiger charge is 1.91. The van der Waals surface area contributed by atoms with E-state index in [-0.39, 0.29) is 17.8 Å². The van der Waals surface area contributed by atoms with Gasteiger partial charge in [-0.1, -0.05) is 12.2 Å². The van der Waals surface area contributed by atoms with Crippen LogP contribution in [0.1, 0.15) is 6.42 Å². The predicted octanol–water partition coefficient (Wildman–Crippen LogP) is 2.03. The van der Waals surface area contributed by atoms with Crippen molar-refractivity contribution in [1.29, 1.82) is 10.5 Å². The van der Waals surface area contributed by atoms with Gasteiger partial charge in [-0.15, -0.1) is 0 Å². The molecule has 0 rings (SSSR count). The Bertz CT molecular complexity index is 329.